The average Bonchev–Trinajstić information content (AvgIpc) is 2.50. The molecular weight excluding hydrogens is 312 g/mol. The zero-order valence-electron chi connectivity index (χ0n) is 14.6. The number of carboxylic acid groups (broad SMARTS) is 2. The molecule has 0 heterocycles. The molecular formula is C18H30O6. The van der Waals surface area contributed by atoms with E-state index in [-0.39, 0.29) is 12.4 Å². The molecule has 0 aromatic heterocycles. The number of aliphatic carboxylic acids is 2. The lowest BCUT2D eigenvalue weighted by Crippen LogP contribution is -2.23. The average molecular weight is 342 g/mol. The Kier molecular flexibility index (Phi) is 12.5. The number of rotatable bonds is 15. The van der Waals surface area contributed by atoms with Gasteiger partial charge in [0, 0.05) is 5.57 Å². The van der Waals surface area contributed by atoms with E-state index in [0.717, 1.165) is 51.4 Å². The number of carbonyl (C=O) groups excluding carboxylic acids is 1. The van der Waals surface area contributed by atoms with Crippen LogP contribution in [-0.2, 0) is 19.1 Å². The summed E-state index contributed by atoms with van der Waals surface area (Å²) >= 11 is 0. The first kappa shape index (κ1) is 22.1. The normalized spacial score (nSPS) is 10.6. The number of unbranched alkanes of at least 4 members (excludes halogenated alkanes) is 8. The lowest BCUT2D eigenvalue weighted by atomic mass is 10.00. The van der Waals surface area contributed by atoms with E-state index < -0.39 is 17.9 Å². The van der Waals surface area contributed by atoms with Crippen LogP contribution in [0.4, 0.5) is 0 Å². The van der Waals surface area contributed by atoms with E-state index in [4.69, 9.17) is 14.9 Å². The van der Waals surface area contributed by atoms with Crippen LogP contribution in [0.1, 0.15) is 71.1 Å². The number of ether oxygens (including phenoxy) is 1. The minimum atomic E-state index is -1.27. The van der Waals surface area contributed by atoms with E-state index in [1.54, 1.807) is 6.92 Å². The van der Waals surface area contributed by atoms with E-state index >= 15 is 0 Å². The number of hydrogen-bond acceptors (Lipinski definition) is 4. The van der Waals surface area contributed by atoms with Crippen molar-refractivity contribution in [2.45, 2.75) is 71.1 Å². The summed E-state index contributed by atoms with van der Waals surface area (Å²) in [5.41, 5.74) is 0.424. The first-order valence-electron chi connectivity index (χ1n) is 8.64. The van der Waals surface area contributed by atoms with Crippen molar-refractivity contribution in [1.29, 1.82) is 0 Å². The Balaban J connectivity index is 3.37. The molecule has 0 aliphatic carbocycles. The third-order valence-corrected chi connectivity index (χ3v) is 3.81. The van der Waals surface area contributed by atoms with Gasteiger partial charge in [-0.3, -0.25) is 9.59 Å². The maximum Gasteiger partial charge on any atom is 0.333 e. The minimum absolute atomic E-state index is 0.202. The molecule has 138 valence electrons. The van der Waals surface area contributed by atoms with E-state index in [0.29, 0.717) is 18.6 Å². The number of carboxylic acids is 2. The molecule has 0 aliphatic rings. The molecule has 0 aromatic rings. The van der Waals surface area contributed by atoms with Gasteiger partial charge in [-0.15, -0.1) is 0 Å². The number of esters is 1. The van der Waals surface area contributed by atoms with Gasteiger partial charge in [0.2, 0.25) is 0 Å². The predicted octanol–water partition coefficient (Wildman–Crippen LogP) is 3.79. The van der Waals surface area contributed by atoms with Gasteiger partial charge >= 0.3 is 17.9 Å². The van der Waals surface area contributed by atoms with Gasteiger partial charge in [-0.05, 0) is 19.8 Å². The molecule has 0 rings (SSSR count). The van der Waals surface area contributed by atoms with Gasteiger partial charge in [-0.1, -0.05) is 57.9 Å². The summed E-state index contributed by atoms with van der Waals surface area (Å²) in [4.78, 5) is 32.6. The topological polar surface area (TPSA) is 101 Å². The number of carbonyl (C=O) groups is 3. The minimum Gasteiger partial charge on any atom is -0.481 e. The molecule has 0 radical (unpaired) electrons. The van der Waals surface area contributed by atoms with Crippen molar-refractivity contribution in [1.82, 2.24) is 0 Å². The highest BCUT2D eigenvalue weighted by atomic mass is 16.5. The zero-order chi connectivity index (χ0) is 18.4. The van der Waals surface area contributed by atoms with Crippen molar-refractivity contribution in [3.05, 3.63) is 12.2 Å². The lowest BCUT2D eigenvalue weighted by molar-refractivity contribution is -0.154. The van der Waals surface area contributed by atoms with Crippen molar-refractivity contribution >= 4 is 17.9 Å². The molecule has 0 spiro atoms. The smallest absolute Gasteiger partial charge is 0.333 e. The van der Waals surface area contributed by atoms with Crippen LogP contribution in [0, 0.1) is 5.92 Å². The molecule has 0 aromatic carbocycles. The molecule has 0 amide bonds. The van der Waals surface area contributed by atoms with Gasteiger partial charge in [0.05, 0.1) is 6.61 Å². The van der Waals surface area contributed by atoms with Crippen molar-refractivity contribution in [2.75, 3.05) is 6.61 Å². The van der Waals surface area contributed by atoms with Gasteiger partial charge in [-0.2, -0.15) is 0 Å². The van der Waals surface area contributed by atoms with Gasteiger partial charge in [0.15, 0.2) is 5.92 Å². The summed E-state index contributed by atoms with van der Waals surface area (Å²) in [6.07, 6.45) is 9.03. The summed E-state index contributed by atoms with van der Waals surface area (Å²) in [7, 11) is 0. The molecule has 0 atom stereocenters. The van der Waals surface area contributed by atoms with Crippen molar-refractivity contribution in [3.63, 3.8) is 0 Å². The largest absolute Gasteiger partial charge is 0.481 e. The van der Waals surface area contributed by atoms with E-state index in [1.165, 1.54) is 0 Å². The first-order chi connectivity index (χ1) is 11.4. The van der Waals surface area contributed by atoms with Crippen LogP contribution in [0.2, 0.25) is 0 Å². The maximum atomic E-state index is 11.1. The first-order valence-corrected chi connectivity index (χ1v) is 8.64. The number of hydrogen-bond donors (Lipinski definition) is 2. The van der Waals surface area contributed by atoms with Crippen LogP contribution in [0.25, 0.3) is 0 Å². The van der Waals surface area contributed by atoms with Crippen LogP contribution >= 0.6 is 0 Å². The third kappa shape index (κ3) is 11.7. The van der Waals surface area contributed by atoms with Crippen molar-refractivity contribution in [3.8, 4) is 0 Å². The van der Waals surface area contributed by atoms with Gasteiger partial charge in [0.1, 0.15) is 0 Å². The second kappa shape index (κ2) is 13.6. The Morgan fingerprint density at radius 2 is 1.25 bits per heavy atom. The maximum absolute atomic E-state index is 11.1. The molecule has 0 saturated carbocycles. The Morgan fingerprint density at radius 3 is 1.67 bits per heavy atom. The highest BCUT2D eigenvalue weighted by Crippen LogP contribution is 2.14. The SMILES string of the molecule is C=C(C)C(=O)OCCCCCCCCCCCC(C(=O)O)C(=O)O. The summed E-state index contributed by atoms with van der Waals surface area (Å²) in [5.74, 6) is -4.11. The van der Waals surface area contributed by atoms with E-state index in [2.05, 4.69) is 6.58 Å². The molecule has 24 heavy (non-hydrogen) atoms. The van der Waals surface area contributed by atoms with Crippen LogP contribution < -0.4 is 0 Å². The highest BCUT2D eigenvalue weighted by Gasteiger charge is 2.24. The van der Waals surface area contributed by atoms with Crippen LogP contribution in [-0.4, -0.2) is 34.7 Å². The molecule has 0 fully saturated rings. The second-order valence-electron chi connectivity index (χ2n) is 6.12. The fourth-order valence-electron chi connectivity index (χ4n) is 2.33. The quantitative estimate of drug-likeness (QED) is 0.203. The third-order valence-electron chi connectivity index (χ3n) is 3.81. The van der Waals surface area contributed by atoms with Crippen LogP contribution in [0.15, 0.2) is 12.2 Å². The molecule has 0 bridgehead atoms. The Morgan fingerprint density at radius 1 is 0.833 bits per heavy atom. The fourth-order valence-corrected chi connectivity index (χ4v) is 2.33. The molecule has 0 aliphatic heterocycles. The second-order valence-corrected chi connectivity index (χ2v) is 6.12. The lowest BCUT2D eigenvalue weighted by Gasteiger charge is -2.07. The molecule has 2 N–H and O–H groups in total. The zero-order valence-corrected chi connectivity index (χ0v) is 14.6. The monoisotopic (exact) mass is 342 g/mol. The van der Waals surface area contributed by atoms with Crippen LogP contribution in [0.3, 0.4) is 0 Å². The standard InChI is InChI=1S/C18H30O6/c1-14(2)18(23)24-13-11-9-7-5-3-4-6-8-10-12-15(16(19)20)17(21)22/h15H,1,3-13H2,2H3,(H,19,20)(H,21,22). The van der Waals surface area contributed by atoms with Crippen LogP contribution in [0.5, 0.6) is 0 Å². The van der Waals surface area contributed by atoms with Crippen molar-refractivity contribution < 1.29 is 29.3 Å². The Labute approximate surface area is 143 Å². The molecule has 6 heteroatoms. The molecule has 6 nitrogen and oxygen atoms in total. The Hall–Kier alpha value is -1.85. The summed E-state index contributed by atoms with van der Waals surface area (Å²) in [5, 5.41) is 17.5. The molecule has 0 unspecified atom stereocenters. The van der Waals surface area contributed by atoms with E-state index in [1.807, 2.05) is 0 Å². The summed E-state index contributed by atoms with van der Waals surface area (Å²) in [6, 6.07) is 0. The fraction of sp³-hybridized carbons (Fsp3) is 0.722. The Bertz CT molecular complexity index is 402. The summed E-state index contributed by atoms with van der Waals surface area (Å²) in [6.45, 7) is 5.59. The molecule has 0 saturated heterocycles. The van der Waals surface area contributed by atoms with Gasteiger partial charge in [0.25, 0.3) is 0 Å². The summed E-state index contributed by atoms with van der Waals surface area (Å²) < 4.78 is 5.01. The highest BCUT2D eigenvalue weighted by molar-refractivity contribution is 5.92. The van der Waals surface area contributed by atoms with E-state index in [9.17, 15) is 14.4 Å². The predicted molar refractivity (Wildman–Crippen MR) is 90.7 cm³/mol. The van der Waals surface area contributed by atoms with Gasteiger partial charge < -0.3 is 14.9 Å². The van der Waals surface area contributed by atoms with Crippen molar-refractivity contribution in [2.24, 2.45) is 5.92 Å². The van der Waals surface area contributed by atoms with Gasteiger partial charge in [-0.25, -0.2) is 4.79 Å².